The van der Waals surface area contributed by atoms with Crippen molar-refractivity contribution in [2.45, 2.75) is 92.4 Å². The summed E-state index contributed by atoms with van der Waals surface area (Å²) in [4.78, 5) is 2.52. The molecule has 3 aliphatic rings. The van der Waals surface area contributed by atoms with Crippen LogP contribution in [0, 0.1) is 34.6 Å². The third-order valence-electron chi connectivity index (χ3n) is 17.2. The van der Waals surface area contributed by atoms with Gasteiger partial charge in [-0.25, -0.2) is 0 Å². The van der Waals surface area contributed by atoms with Gasteiger partial charge in [-0.2, -0.15) is 0 Å². The zero-order valence-corrected chi connectivity index (χ0v) is 42.6. The van der Waals surface area contributed by atoms with Gasteiger partial charge in [0.25, 0.3) is 0 Å². The molecule has 0 atom stereocenters. The molecular formula is C68H57NO2. The van der Waals surface area contributed by atoms with Gasteiger partial charge in [0.15, 0.2) is 0 Å². The van der Waals surface area contributed by atoms with Gasteiger partial charge in [-0.15, -0.1) is 0 Å². The molecular weight excluding hydrogens is 863 g/mol. The first-order chi connectivity index (χ1) is 34.0. The number of anilines is 3. The Morgan fingerprint density at radius 2 is 0.887 bits per heavy atom. The third kappa shape index (κ3) is 5.44. The van der Waals surface area contributed by atoms with E-state index < -0.39 is 0 Å². The van der Waals surface area contributed by atoms with Crippen LogP contribution in [0.5, 0.6) is 0 Å². The Hall–Kier alpha value is -7.62. The van der Waals surface area contributed by atoms with Crippen molar-refractivity contribution in [1.29, 1.82) is 0 Å². The zero-order valence-electron chi connectivity index (χ0n) is 42.6. The Morgan fingerprint density at radius 1 is 0.366 bits per heavy atom. The van der Waals surface area contributed by atoms with Gasteiger partial charge in [-0.05, 0) is 167 Å². The summed E-state index contributed by atoms with van der Waals surface area (Å²) < 4.78 is 13.9. The molecule has 0 saturated carbocycles. The first-order valence-electron chi connectivity index (χ1n) is 25.4. The van der Waals surface area contributed by atoms with Crippen molar-refractivity contribution in [3.63, 3.8) is 0 Å². The lowest BCUT2D eigenvalue weighted by Crippen LogP contribution is -2.24. The van der Waals surface area contributed by atoms with E-state index in [1.165, 1.54) is 128 Å². The van der Waals surface area contributed by atoms with E-state index in [1.54, 1.807) is 0 Å². The number of aryl methyl sites for hydroxylation is 5. The highest BCUT2D eigenvalue weighted by molar-refractivity contribution is 6.21. The number of rotatable bonds is 4. The van der Waals surface area contributed by atoms with Crippen molar-refractivity contribution < 1.29 is 8.83 Å². The van der Waals surface area contributed by atoms with Gasteiger partial charge < -0.3 is 13.7 Å². The number of furan rings is 2. The molecule has 0 bridgehead atoms. The number of para-hydroxylation sites is 2. The van der Waals surface area contributed by atoms with Crippen LogP contribution in [0.4, 0.5) is 17.1 Å². The smallest absolute Gasteiger partial charge is 0.144 e. The Balaban J connectivity index is 0.995. The first kappa shape index (κ1) is 42.3. The summed E-state index contributed by atoms with van der Waals surface area (Å²) in [5.41, 5.74) is 31.0. The van der Waals surface area contributed by atoms with Crippen molar-refractivity contribution in [3.8, 4) is 44.5 Å². The molecule has 0 aliphatic heterocycles. The maximum atomic E-state index is 7.00. The lowest BCUT2D eigenvalue weighted by molar-refractivity contribution is 0.600. The third-order valence-corrected chi connectivity index (χ3v) is 17.2. The molecule has 2 aromatic heterocycles. The van der Waals surface area contributed by atoms with Crippen LogP contribution >= 0.6 is 0 Å². The summed E-state index contributed by atoms with van der Waals surface area (Å²) in [5.74, 6) is 0. The molecule has 3 nitrogen and oxygen atoms in total. The van der Waals surface area contributed by atoms with Crippen molar-refractivity contribution >= 4 is 60.9 Å². The first-order valence-corrected chi connectivity index (χ1v) is 25.4. The quantitative estimate of drug-likeness (QED) is 0.176. The van der Waals surface area contributed by atoms with Gasteiger partial charge in [0.1, 0.15) is 22.3 Å². The summed E-state index contributed by atoms with van der Waals surface area (Å²) in [6.07, 6.45) is 0. The SMILES string of the molecule is Cc1ccc(N(c2ccc3c(c2)C(C)(C)c2cc(-c4c(C)cc(C)cc4C)c4oc5ccccc5c4c2-3)c2ccc3c(c2)C(C)(C)c2c4c(c5oc6ccccc6c5c2-3)-c2ccccc2C4(C)C)c(C)c1. The average Bonchev–Trinajstić information content (AvgIpc) is 4.10. The van der Waals surface area contributed by atoms with Gasteiger partial charge in [0.2, 0.25) is 0 Å². The highest BCUT2D eigenvalue weighted by Gasteiger charge is 2.49. The number of hydrogen-bond acceptors (Lipinski definition) is 3. The molecule has 0 spiro atoms. The molecule has 0 radical (unpaired) electrons. The molecule has 0 unspecified atom stereocenters. The van der Waals surface area contributed by atoms with Crippen LogP contribution in [0.3, 0.4) is 0 Å². The van der Waals surface area contributed by atoms with Gasteiger partial charge in [-0.1, -0.05) is 150 Å². The molecule has 9 aromatic carbocycles. The van der Waals surface area contributed by atoms with Crippen LogP contribution in [0.2, 0.25) is 0 Å². The molecule has 71 heavy (non-hydrogen) atoms. The molecule has 0 N–H and O–H groups in total. The molecule has 3 aliphatic carbocycles. The largest absolute Gasteiger partial charge is 0.455 e. The van der Waals surface area contributed by atoms with E-state index in [4.69, 9.17) is 8.83 Å². The van der Waals surface area contributed by atoms with Crippen molar-refractivity contribution in [2.75, 3.05) is 4.90 Å². The fraction of sp³-hybridized carbons (Fsp3) is 0.206. The summed E-state index contributed by atoms with van der Waals surface area (Å²) in [6.45, 7) is 25.7. The highest BCUT2D eigenvalue weighted by Crippen LogP contribution is 2.64. The standard InChI is InChI=1S/C68H57NO2/c1-36-24-29-53(38(3)30-36)69(41-25-27-44-50(33-41)66(6,7)52-35-48(56-39(4)31-37(2)32-40(56)5)64-59(57(44)52)46-19-13-16-22-54(46)70-64)42-26-28-45-51(34-42)68(10,11)62-58(45)60-47-20-14-17-23-55(47)71-65(60)61-43-18-12-15-21-49(43)67(8,9)63(61)62/h12-35H,1-11H3. The van der Waals surface area contributed by atoms with Crippen molar-refractivity contribution in [1.82, 2.24) is 0 Å². The minimum absolute atomic E-state index is 0.224. The van der Waals surface area contributed by atoms with E-state index in [-0.39, 0.29) is 16.2 Å². The molecule has 11 aromatic rings. The number of nitrogens with zero attached hydrogens (tertiary/aromatic N) is 1. The minimum Gasteiger partial charge on any atom is -0.455 e. The van der Waals surface area contributed by atoms with Crippen LogP contribution in [-0.2, 0) is 16.2 Å². The second kappa shape index (κ2) is 14.0. The van der Waals surface area contributed by atoms with Crippen LogP contribution in [-0.4, -0.2) is 0 Å². The van der Waals surface area contributed by atoms with E-state index in [1.807, 2.05) is 0 Å². The van der Waals surface area contributed by atoms with Crippen LogP contribution < -0.4 is 4.90 Å². The van der Waals surface area contributed by atoms with Crippen LogP contribution in [0.1, 0.15) is 103 Å². The topological polar surface area (TPSA) is 29.5 Å². The molecule has 0 fully saturated rings. The molecule has 3 heteroatoms. The molecule has 14 rings (SSSR count). The molecule has 2 heterocycles. The van der Waals surface area contributed by atoms with Gasteiger partial charge in [0.05, 0.1) is 0 Å². The van der Waals surface area contributed by atoms with E-state index in [0.29, 0.717) is 0 Å². The van der Waals surface area contributed by atoms with Crippen molar-refractivity contribution in [2.24, 2.45) is 0 Å². The molecule has 346 valence electrons. The van der Waals surface area contributed by atoms with E-state index in [0.717, 1.165) is 39.1 Å². The minimum atomic E-state index is -0.323. The van der Waals surface area contributed by atoms with Gasteiger partial charge in [0, 0.05) is 66.0 Å². The average molecular weight is 920 g/mol. The lowest BCUT2D eigenvalue weighted by Gasteiger charge is -2.32. The Kier molecular flexibility index (Phi) is 8.36. The maximum Gasteiger partial charge on any atom is 0.144 e. The second-order valence-electron chi connectivity index (χ2n) is 22.7. The fourth-order valence-corrected chi connectivity index (χ4v) is 14.2. The Morgan fingerprint density at radius 3 is 1.55 bits per heavy atom. The highest BCUT2D eigenvalue weighted by atomic mass is 16.3. The van der Waals surface area contributed by atoms with Crippen LogP contribution in [0.15, 0.2) is 154 Å². The monoisotopic (exact) mass is 919 g/mol. The number of hydrogen-bond donors (Lipinski definition) is 0. The zero-order chi connectivity index (χ0) is 48.8. The number of benzene rings is 9. The number of fused-ring (bicyclic) bond motifs is 19. The predicted octanol–water partition coefficient (Wildman–Crippen LogP) is 19.1. The second-order valence-corrected chi connectivity index (χ2v) is 22.7. The summed E-state index contributed by atoms with van der Waals surface area (Å²) in [5, 5.41) is 4.76. The molecule has 0 saturated heterocycles. The fourth-order valence-electron chi connectivity index (χ4n) is 14.2. The van der Waals surface area contributed by atoms with Gasteiger partial charge >= 0.3 is 0 Å². The Labute approximate surface area is 416 Å². The normalized spacial score (nSPS) is 15.3. The van der Waals surface area contributed by atoms with E-state index >= 15 is 0 Å². The van der Waals surface area contributed by atoms with Crippen LogP contribution in [0.25, 0.3) is 88.4 Å². The van der Waals surface area contributed by atoms with Crippen molar-refractivity contribution in [3.05, 3.63) is 207 Å². The van der Waals surface area contributed by atoms with E-state index in [2.05, 4.69) is 227 Å². The molecule has 0 amide bonds. The summed E-state index contributed by atoms with van der Waals surface area (Å²) >= 11 is 0. The maximum absolute atomic E-state index is 7.00. The summed E-state index contributed by atoms with van der Waals surface area (Å²) in [6, 6.07) is 54.8. The van der Waals surface area contributed by atoms with E-state index in [9.17, 15) is 0 Å². The lowest BCUT2D eigenvalue weighted by atomic mass is 9.72. The Bertz CT molecular complexity index is 4180. The van der Waals surface area contributed by atoms with Gasteiger partial charge in [-0.3, -0.25) is 0 Å². The summed E-state index contributed by atoms with van der Waals surface area (Å²) in [7, 11) is 0. The predicted molar refractivity (Wildman–Crippen MR) is 297 cm³/mol.